The minimum Gasteiger partial charge on any atom is -0.339 e. The second kappa shape index (κ2) is 7.55. The Hall–Kier alpha value is -2.95. The Bertz CT molecular complexity index is 812. The number of hydrogen-bond acceptors (Lipinski definition) is 4. The van der Waals surface area contributed by atoms with E-state index in [2.05, 4.69) is 15.5 Å². The maximum absolute atomic E-state index is 12.2. The fourth-order valence-corrected chi connectivity index (χ4v) is 2.49. The van der Waals surface area contributed by atoms with Gasteiger partial charge < -0.3 is 9.84 Å². The van der Waals surface area contributed by atoms with Gasteiger partial charge in [0.05, 0.1) is 6.42 Å². The number of hydrogen-bond donors (Lipinski definition) is 1. The summed E-state index contributed by atoms with van der Waals surface area (Å²) in [5.41, 5.74) is 2.89. The number of amides is 1. The van der Waals surface area contributed by atoms with Crippen molar-refractivity contribution in [3.8, 4) is 0 Å². The van der Waals surface area contributed by atoms with Crippen LogP contribution in [0.2, 0.25) is 0 Å². The normalized spacial score (nSPS) is 10.5. The van der Waals surface area contributed by atoms with E-state index in [1.54, 1.807) is 6.92 Å². The first-order valence-corrected chi connectivity index (χ1v) is 7.91. The highest BCUT2D eigenvalue weighted by atomic mass is 16.5. The number of nitrogens with one attached hydrogen (secondary N) is 1. The average Bonchev–Trinajstić information content (AvgIpc) is 3.01. The fourth-order valence-electron chi connectivity index (χ4n) is 2.49. The Balaban J connectivity index is 1.63. The minimum absolute atomic E-state index is 0.00647. The van der Waals surface area contributed by atoms with Crippen LogP contribution < -0.4 is 5.32 Å². The second-order valence-corrected chi connectivity index (χ2v) is 5.60. The number of para-hydroxylation sites is 1. The third-order valence-corrected chi connectivity index (χ3v) is 3.69. The summed E-state index contributed by atoms with van der Waals surface area (Å²) in [4.78, 5) is 16.4. The van der Waals surface area contributed by atoms with E-state index in [9.17, 15) is 4.79 Å². The van der Waals surface area contributed by atoms with Gasteiger partial charge in [-0.2, -0.15) is 4.98 Å². The average molecular weight is 321 g/mol. The van der Waals surface area contributed by atoms with Crippen molar-refractivity contribution in [2.24, 2.45) is 0 Å². The van der Waals surface area contributed by atoms with Gasteiger partial charge in [0.2, 0.25) is 11.8 Å². The quantitative estimate of drug-likeness (QED) is 0.754. The van der Waals surface area contributed by atoms with Gasteiger partial charge in [-0.25, -0.2) is 0 Å². The maximum Gasteiger partial charge on any atom is 0.231 e. The van der Waals surface area contributed by atoms with Crippen LogP contribution in [0.25, 0.3) is 0 Å². The summed E-state index contributed by atoms with van der Waals surface area (Å²) < 4.78 is 5.16. The molecule has 0 aliphatic carbocycles. The summed E-state index contributed by atoms with van der Waals surface area (Å²) >= 11 is 0. The minimum atomic E-state index is -0.00647. The Morgan fingerprint density at radius 3 is 2.58 bits per heavy atom. The summed E-state index contributed by atoms with van der Waals surface area (Å²) in [5.74, 6) is 1.14. The van der Waals surface area contributed by atoms with E-state index in [0.29, 0.717) is 24.6 Å². The lowest BCUT2D eigenvalue weighted by Crippen LogP contribution is -2.13. The van der Waals surface area contributed by atoms with Crippen molar-refractivity contribution < 1.29 is 9.32 Å². The Kier molecular flexibility index (Phi) is 5.01. The van der Waals surface area contributed by atoms with Crippen LogP contribution in [0.5, 0.6) is 0 Å². The largest absolute Gasteiger partial charge is 0.339 e. The first kappa shape index (κ1) is 15.9. The van der Waals surface area contributed by atoms with Gasteiger partial charge in [-0.3, -0.25) is 4.79 Å². The molecule has 0 unspecified atom stereocenters. The van der Waals surface area contributed by atoms with E-state index < -0.39 is 0 Å². The van der Waals surface area contributed by atoms with Crippen molar-refractivity contribution in [2.45, 2.75) is 26.2 Å². The van der Waals surface area contributed by atoms with Crippen LogP contribution in [0.4, 0.5) is 5.69 Å². The van der Waals surface area contributed by atoms with Gasteiger partial charge in [0.1, 0.15) is 0 Å². The van der Waals surface area contributed by atoms with Crippen molar-refractivity contribution in [3.63, 3.8) is 0 Å². The van der Waals surface area contributed by atoms with Crippen LogP contribution in [-0.4, -0.2) is 16.0 Å². The molecular weight excluding hydrogens is 302 g/mol. The maximum atomic E-state index is 12.2. The topological polar surface area (TPSA) is 68.0 Å². The lowest BCUT2D eigenvalue weighted by atomic mass is 10.1. The van der Waals surface area contributed by atoms with E-state index >= 15 is 0 Å². The first-order valence-electron chi connectivity index (χ1n) is 7.91. The third kappa shape index (κ3) is 4.29. The molecule has 0 saturated heterocycles. The van der Waals surface area contributed by atoms with E-state index in [4.69, 9.17) is 4.52 Å². The molecule has 0 bridgehead atoms. The molecule has 122 valence electrons. The molecule has 0 aliphatic heterocycles. The number of anilines is 1. The molecule has 1 N–H and O–H groups in total. The van der Waals surface area contributed by atoms with Gasteiger partial charge in [0.25, 0.3) is 0 Å². The molecule has 1 heterocycles. The molecular formula is C19H19N3O2. The van der Waals surface area contributed by atoms with Gasteiger partial charge in [-0.1, -0.05) is 53.7 Å². The molecule has 3 rings (SSSR count). The number of carbonyl (C=O) groups excluding carboxylic acids is 1. The molecule has 0 fully saturated rings. The molecule has 0 atom stereocenters. The predicted octanol–water partition coefficient (Wildman–Crippen LogP) is 3.54. The molecule has 1 amide bonds. The van der Waals surface area contributed by atoms with Crippen molar-refractivity contribution in [1.82, 2.24) is 10.1 Å². The third-order valence-electron chi connectivity index (χ3n) is 3.69. The predicted molar refractivity (Wildman–Crippen MR) is 91.7 cm³/mol. The van der Waals surface area contributed by atoms with Gasteiger partial charge in [0.15, 0.2) is 5.82 Å². The molecule has 5 heteroatoms. The molecule has 24 heavy (non-hydrogen) atoms. The van der Waals surface area contributed by atoms with E-state index in [1.807, 2.05) is 54.6 Å². The van der Waals surface area contributed by atoms with E-state index in [0.717, 1.165) is 23.2 Å². The molecule has 0 spiro atoms. The summed E-state index contributed by atoms with van der Waals surface area (Å²) in [6.07, 6.45) is 1.66. The Labute approximate surface area is 140 Å². The van der Waals surface area contributed by atoms with Crippen LogP contribution >= 0.6 is 0 Å². The second-order valence-electron chi connectivity index (χ2n) is 5.60. The number of benzene rings is 2. The van der Waals surface area contributed by atoms with Gasteiger partial charge in [-0.05, 0) is 30.5 Å². The molecule has 0 radical (unpaired) electrons. The van der Waals surface area contributed by atoms with Gasteiger partial charge in [0, 0.05) is 12.1 Å². The van der Waals surface area contributed by atoms with Crippen LogP contribution in [0.3, 0.4) is 0 Å². The number of nitrogens with zero attached hydrogens (tertiary/aromatic N) is 2. The fraction of sp³-hybridized carbons (Fsp3) is 0.211. The van der Waals surface area contributed by atoms with Crippen LogP contribution in [0, 0.1) is 6.92 Å². The highest BCUT2D eigenvalue weighted by molar-refractivity contribution is 5.91. The van der Waals surface area contributed by atoms with E-state index in [-0.39, 0.29) is 5.91 Å². The SMILES string of the molecule is Cc1noc(Cc2ccccc2NC(=O)CCc2ccccc2)n1. The zero-order valence-corrected chi connectivity index (χ0v) is 13.5. The van der Waals surface area contributed by atoms with Gasteiger partial charge >= 0.3 is 0 Å². The molecule has 0 saturated carbocycles. The Morgan fingerprint density at radius 2 is 1.83 bits per heavy atom. The molecule has 1 aromatic heterocycles. The summed E-state index contributed by atoms with van der Waals surface area (Å²) in [7, 11) is 0. The number of carbonyl (C=O) groups is 1. The Morgan fingerprint density at radius 1 is 1.08 bits per heavy atom. The van der Waals surface area contributed by atoms with Gasteiger partial charge in [-0.15, -0.1) is 0 Å². The highest BCUT2D eigenvalue weighted by Gasteiger charge is 2.10. The lowest BCUT2D eigenvalue weighted by Gasteiger charge is -2.10. The first-order chi connectivity index (χ1) is 11.7. The van der Waals surface area contributed by atoms with E-state index in [1.165, 1.54) is 0 Å². The number of rotatable bonds is 6. The van der Waals surface area contributed by atoms with Crippen molar-refractivity contribution in [2.75, 3.05) is 5.32 Å². The summed E-state index contributed by atoms with van der Waals surface area (Å²) in [5, 5.41) is 6.77. The summed E-state index contributed by atoms with van der Waals surface area (Å²) in [6.45, 7) is 1.78. The lowest BCUT2D eigenvalue weighted by molar-refractivity contribution is -0.116. The zero-order chi connectivity index (χ0) is 16.8. The number of aryl methyl sites for hydroxylation is 2. The smallest absolute Gasteiger partial charge is 0.231 e. The standard InChI is InChI=1S/C19H19N3O2/c1-14-20-19(24-22-14)13-16-9-5-6-10-17(16)21-18(23)12-11-15-7-3-2-4-8-15/h2-10H,11-13H2,1H3,(H,21,23). The molecule has 2 aromatic carbocycles. The van der Waals surface area contributed by atoms with Crippen LogP contribution in [0.15, 0.2) is 59.1 Å². The monoisotopic (exact) mass is 321 g/mol. The van der Waals surface area contributed by atoms with Crippen molar-refractivity contribution in [3.05, 3.63) is 77.4 Å². The highest BCUT2D eigenvalue weighted by Crippen LogP contribution is 2.19. The zero-order valence-electron chi connectivity index (χ0n) is 13.5. The summed E-state index contributed by atoms with van der Waals surface area (Å²) in [6, 6.07) is 17.7. The molecule has 0 aliphatic rings. The van der Waals surface area contributed by atoms with Crippen LogP contribution in [-0.2, 0) is 17.6 Å². The van der Waals surface area contributed by atoms with Crippen molar-refractivity contribution >= 4 is 11.6 Å². The molecule has 3 aromatic rings. The van der Waals surface area contributed by atoms with Crippen LogP contribution in [0.1, 0.15) is 29.3 Å². The molecule has 5 nitrogen and oxygen atoms in total. The van der Waals surface area contributed by atoms with Crippen molar-refractivity contribution in [1.29, 1.82) is 0 Å². The number of aromatic nitrogens is 2.